The monoisotopic (exact) mass is 215 g/mol. The van der Waals surface area contributed by atoms with E-state index in [0.29, 0.717) is 0 Å². The Balaban J connectivity index is 3.72. The van der Waals surface area contributed by atoms with E-state index in [4.69, 9.17) is 4.74 Å². The first-order chi connectivity index (χ1) is 6.73. The molecule has 0 saturated heterocycles. The average molecular weight is 215 g/mol. The average Bonchev–Trinajstić information content (AvgIpc) is 2.00. The highest BCUT2D eigenvalue weighted by Crippen LogP contribution is 2.14. The summed E-state index contributed by atoms with van der Waals surface area (Å²) in [6.45, 7) is 9.16. The van der Waals surface area contributed by atoms with Crippen molar-refractivity contribution in [1.82, 2.24) is 5.32 Å². The molecule has 0 aromatic rings. The van der Waals surface area contributed by atoms with Crippen molar-refractivity contribution >= 4 is 11.7 Å². The molecule has 4 heteroatoms. The maximum absolute atomic E-state index is 11.4. The Morgan fingerprint density at radius 1 is 1.20 bits per heavy atom. The van der Waals surface area contributed by atoms with Gasteiger partial charge in [-0.2, -0.15) is 0 Å². The fourth-order valence-corrected chi connectivity index (χ4v) is 0.817. The highest BCUT2D eigenvalue weighted by Gasteiger charge is 2.21. The smallest absolute Gasteiger partial charge is 0.246 e. The molecule has 0 aliphatic carbocycles. The second-order valence-corrected chi connectivity index (χ2v) is 4.89. The van der Waals surface area contributed by atoms with Gasteiger partial charge in [0.15, 0.2) is 5.78 Å². The van der Waals surface area contributed by atoms with Crippen LogP contribution in [-0.4, -0.2) is 30.9 Å². The number of hydrogen-bond acceptors (Lipinski definition) is 3. The minimum Gasteiger partial charge on any atom is -0.364 e. The largest absolute Gasteiger partial charge is 0.364 e. The van der Waals surface area contributed by atoms with E-state index < -0.39 is 5.41 Å². The first-order valence-electron chi connectivity index (χ1n) is 5.14. The molecular weight excluding hydrogens is 194 g/mol. The molecule has 0 atom stereocenters. The fraction of sp³-hybridized carbons (Fsp3) is 0.818. The quantitative estimate of drug-likeness (QED) is 0.748. The lowest BCUT2D eigenvalue weighted by molar-refractivity contribution is -0.134. The molecule has 0 radical (unpaired) electrons. The molecule has 4 nitrogen and oxygen atoms in total. The van der Waals surface area contributed by atoms with E-state index in [9.17, 15) is 9.59 Å². The van der Waals surface area contributed by atoms with Crippen LogP contribution >= 0.6 is 0 Å². The third kappa shape index (κ3) is 7.08. The molecule has 0 aromatic carbocycles. The summed E-state index contributed by atoms with van der Waals surface area (Å²) in [5, 5.41) is 2.68. The van der Waals surface area contributed by atoms with Crippen molar-refractivity contribution in [2.75, 3.05) is 13.2 Å². The summed E-state index contributed by atoms with van der Waals surface area (Å²) in [6.07, 6.45) is 0. The van der Waals surface area contributed by atoms with Crippen molar-refractivity contribution in [2.45, 2.75) is 40.7 Å². The van der Waals surface area contributed by atoms with E-state index in [1.807, 2.05) is 34.6 Å². The standard InChI is InChI=1S/C11H21NO3/c1-8(2)12-10(14)7-15-6-9(13)11(3,4)5/h8H,6-7H2,1-5H3,(H,12,14). The first-order valence-corrected chi connectivity index (χ1v) is 5.14. The lowest BCUT2D eigenvalue weighted by Crippen LogP contribution is -2.34. The summed E-state index contributed by atoms with van der Waals surface area (Å²) in [4.78, 5) is 22.5. The summed E-state index contributed by atoms with van der Waals surface area (Å²) in [5.41, 5.74) is -0.408. The summed E-state index contributed by atoms with van der Waals surface area (Å²) in [6, 6.07) is 0.0967. The SMILES string of the molecule is CC(C)NC(=O)COCC(=O)C(C)(C)C. The molecular formula is C11H21NO3. The molecule has 0 fully saturated rings. The van der Waals surface area contributed by atoms with Gasteiger partial charge in [0.1, 0.15) is 13.2 Å². The summed E-state index contributed by atoms with van der Waals surface area (Å²) < 4.78 is 5.02. The van der Waals surface area contributed by atoms with E-state index in [2.05, 4.69) is 5.32 Å². The number of carbonyl (C=O) groups is 2. The van der Waals surface area contributed by atoms with Gasteiger partial charge in [0, 0.05) is 11.5 Å². The zero-order chi connectivity index (χ0) is 12.1. The number of carbonyl (C=O) groups excluding carboxylic acids is 2. The van der Waals surface area contributed by atoms with Crippen molar-refractivity contribution in [3.63, 3.8) is 0 Å². The normalized spacial score (nSPS) is 11.6. The third-order valence-corrected chi connectivity index (χ3v) is 1.75. The number of ether oxygens (including phenoxy) is 1. The number of Topliss-reactive ketones (excluding diaryl/α,β-unsaturated/α-hetero) is 1. The molecule has 1 amide bonds. The molecule has 0 aromatic heterocycles. The number of ketones is 1. The molecule has 1 N–H and O–H groups in total. The van der Waals surface area contributed by atoms with Crippen molar-refractivity contribution in [3.05, 3.63) is 0 Å². The minimum absolute atomic E-state index is 0.000142. The van der Waals surface area contributed by atoms with Crippen LogP contribution in [0.4, 0.5) is 0 Å². The predicted molar refractivity (Wildman–Crippen MR) is 58.6 cm³/mol. The summed E-state index contributed by atoms with van der Waals surface area (Å²) >= 11 is 0. The van der Waals surface area contributed by atoms with Gasteiger partial charge in [-0.1, -0.05) is 20.8 Å². The Morgan fingerprint density at radius 3 is 2.13 bits per heavy atom. The molecule has 0 spiro atoms. The number of hydrogen-bond donors (Lipinski definition) is 1. The lowest BCUT2D eigenvalue weighted by Gasteiger charge is -2.16. The first kappa shape index (κ1) is 14.1. The lowest BCUT2D eigenvalue weighted by atomic mass is 9.91. The molecule has 0 heterocycles. The van der Waals surface area contributed by atoms with Crippen LogP contribution in [0.25, 0.3) is 0 Å². The highest BCUT2D eigenvalue weighted by molar-refractivity contribution is 5.85. The van der Waals surface area contributed by atoms with E-state index in [1.54, 1.807) is 0 Å². The van der Waals surface area contributed by atoms with E-state index in [0.717, 1.165) is 0 Å². The second kappa shape index (κ2) is 5.85. The Hall–Kier alpha value is -0.900. The van der Waals surface area contributed by atoms with Gasteiger partial charge in [-0.25, -0.2) is 0 Å². The molecule has 0 aliphatic rings. The zero-order valence-corrected chi connectivity index (χ0v) is 10.2. The van der Waals surface area contributed by atoms with Crippen LogP contribution in [0.1, 0.15) is 34.6 Å². The van der Waals surface area contributed by atoms with Crippen LogP contribution in [0.5, 0.6) is 0 Å². The molecule has 15 heavy (non-hydrogen) atoms. The summed E-state index contributed by atoms with van der Waals surface area (Å²) in [5.74, 6) is -0.188. The van der Waals surface area contributed by atoms with Gasteiger partial charge in [-0.15, -0.1) is 0 Å². The topological polar surface area (TPSA) is 55.4 Å². The van der Waals surface area contributed by atoms with Crippen LogP contribution in [0, 0.1) is 5.41 Å². The highest BCUT2D eigenvalue weighted by atomic mass is 16.5. The van der Waals surface area contributed by atoms with Gasteiger partial charge in [0.2, 0.25) is 5.91 Å². The maximum Gasteiger partial charge on any atom is 0.246 e. The number of nitrogens with one attached hydrogen (secondary N) is 1. The molecule has 0 bridgehead atoms. The van der Waals surface area contributed by atoms with E-state index in [-0.39, 0.29) is 30.9 Å². The van der Waals surface area contributed by atoms with Crippen molar-refractivity contribution < 1.29 is 14.3 Å². The Labute approximate surface area is 91.4 Å². The van der Waals surface area contributed by atoms with Crippen LogP contribution in [0.2, 0.25) is 0 Å². The number of amides is 1. The van der Waals surface area contributed by atoms with Crippen molar-refractivity contribution in [2.24, 2.45) is 5.41 Å². The molecule has 88 valence electrons. The van der Waals surface area contributed by atoms with E-state index >= 15 is 0 Å². The maximum atomic E-state index is 11.4. The van der Waals surface area contributed by atoms with Crippen LogP contribution in [0.15, 0.2) is 0 Å². The van der Waals surface area contributed by atoms with Gasteiger partial charge in [-0.05, 0) is 13.8 Å². The Kier molecular flexibility index (Phi) is 5.50. The molecule has 0 saturated carbocycles. The van der Waals surface area contributed by atoms with Crippen molar-refractivity contribution in [1.29, 1.82) is 0 Å². The molecule has 0 aliphatic heterocycles. The molecule has 0 rings (SSSR count). The third-order valence-electron chi connectivity index (χ3n) is 1.75. The van der Waals surface area contributed by atoms with Gasteiger partial charge < -0.3 is 10.1 Å². The van der Waals surface area contributed by atoms with Crippen LogP contribution < -0.4 is 5.32 Å². The Morgan fingerprint density at radius 2 is 1.73 bits per heavy atom. The van der Waals surface area contributed by atoms with Crippen LogP contribution in [0.3, 0.4) is 0 Å². The van der Waals surface area contributed by atoms with Gasteiger partial charge in [0.05, 0.1) is 0 Å². The molecule has 0 unspecified atom stereocenters. The summed E-state index contributed by atoms with van der Waals surface area (Å²) in [7, 11) is 0. The van der Waals surface area contributed by atoms with Gasteiger partial charge in [-0.3, -0.25) is 9.59 Å². The second-order valence-electron chi connectivity index (χ2n) is 4.89. The fourth-order valence-electron chi connectivity index (χ4n) is 0.817. The van der Waals surface area contributed by atoms with Crippen molar-refractivity contribution in [3.8, 4) is 0 Å². The van der Waals surface area contributed by atoms with Gasteiger partial charge in [0.25, 0.3) is 0 Å². The zero-order valence-electron chi connectivity index (χ0n) is 10.2. The predicted octanol–water partition coefficient (Wildman–Crippen LogP) is 1.14. The Bertz CT molecular complexity index is 228. The van der Waals surface area contributed by atoms with Gasteiger partial charge >= 0.3 is 0 Å². The minimum atomic E-state index is -0.408. The number of rotatable bonds is 5. The van der Waals surface area contributed by atoms with E-state index in [1.165, 1.54) is 0 Å². The van der Waals surface area contributed by atoms with Crippen LogP contribution in [-0.2, 0) is 14.3 Å².